The quantitative estimate of drug-likeness (QED) is 0.920. The lowest BCUT2D eigenvalue weighted by molar-refractivity contribution is -0.0384. The molecule has 21 heavy (non-hydrogen) atoms. The number of nitrogens with two attached hydrogens (primary N) is 1. The smallest absolute Gasteiger partial charge is 0.248 e. The first-order valence-electron chi connectivity index (χ1n) is 6.96. The van der Waals surface area contributed by atoms with Gasteiger partial charge in [0.05, 0.1) is 17.1 Å². The monoisotopic (exact) mass is 290 g/mol. The number of nitrogen functional groups attached to an aromatic ring is 1. The fourth-order valence-corrected chi connectivity index (χ4v) is 2.76. The third kappa shape index (κ3) is 2.84. The van der Waals surface area contributed by atoms with E-state index in [1.165, 1.54) is 6.33 Å². The van der Waals surface area contributed by atoms with E-state index in [1.54, 1.807) is 6.20 Å². The topological polar surface area (TPSA) is 64.7 Å². The van der Waals surface area contributed by atoms with E-state index in [-0.39, 0.29) is 18.8 Å². The van der Waals surface area contributed by atoms with E-state index in [9.17, 15) is 8.78 Å². The van der Waals surface area contributed by atoms with E-state index in [2.05, 4.69) is 15.0 Å². The Morgan fingerprint density at radius 1 is 1.10 bits per heavy atom. The SMILES string of the molecule is Nc1c(-c2ccccn2)ncnc1C1CCC(F)(F)CC1. The summed E-state index contributed by atoms with van der Waals surface area (Å²) in [5.74, 6) is -2.59. The van der Waals surface area contributed by atoms with Gasteiger partial charge in [-0.15, -0.1) is 0 Å². The summed E-state index contributed by atoms with van der Waals surface area (Å²) in [7, 11) is 0. The van der Waals surface area contributed by atoms with Crippen LogP contribution in [0.15, 0.2) is 30.7 Å². The molecule has 2 heterocycles. The molecular weight excluding hydrogens is 274 g/mol. The molecule has 2 aromatic rings. The molecule has 0 atom stereocenters. The van der Waals surface area contributed by atoms with Gasteiger partial charge in [0.25, 0.3) is 0 Å². The van der Waals surface area contributed by atoms with Crippen molar-refractivity contribution in [1.29, 1.82) is 0 Å². The molecule has 1 saturated carbocycles. The van der Waals surface area contributed by atoms with Gasteiger partial charge in [-0.25, -0.2) is 18.7 Å². The lowest BCUT2D eigenvalue weighted by Crippen LogP contribution is -2.24. The highest BCUT2D eigenvalue weighted by molar-refractivity contribution is 5.71. The Morgan fingerprint density at radius 2 is 1.86 bits per heavy atom. The second-order valence-electron chi connectivity index (χ2n) is 5.37. The van der Waals surface area contributed by atoms with Crippen LogP contribution in [-0.4, -0.2) is 20.9 Å². The Kier molecular flexibility index (Phi) is 3.53. The molecule has 0 radical (unpaired) electrons. The number of pyridine rings is 1. The molecule has 1 aliphatic rings. The van der Waals surface area contributed by atoms with Crippen LogP contribution in [0, 0.1) is 0 Å². The van der Waals surface area contributed by atoms with E-state index in [4.69, 9.17) is 5.73 Å². The van der Waals surface area contributed by atoms with E-state index in [1.807, 2.05) is 18.2 Å². The molecule has 110 valence electrons. The molecule has 6 heteroatoms. The van der Waals surface area contributed by atoms with Gasteiger partial charge in [-0.2, -0.15) is 0 Å². The molecule has 0 amide bonds. The number of alkyl halides is 2. The number of hydrogen-bond acceptors (Lipinski definition) is 4. The molecule has 2 N–H and O–H groups in total. The van der Waals surface area contributed by atoms with Gasteiger partial charge in [0.1, 0.15) is 12.0 Å². The summed E-state index contributed by atoms with van der Waals surface area (Å²) in [6.07, 6.45) is 3.67. The third-order valence-electron chi connectivity index (χ3n) is 3.93. The molecule has 0 aromatic carbocycles. The fraction of sp³-hybridized carbons (Fsp3) is 0.400. The molecule has 0 spiro atoms. The second kappa shape index (κ2) is 5.35. The van der Waals surface area contributed by atoms with Crippen molar-refractivity contribution < 1.29 is 8.78 Å². The number of halogens is 2. The number of hydrogen-bond donors (Lipinski definition) is 1. The molecule has 0 saturated heterocycles. The number of aromatic nitrogens is 3. The van der Waals surface area contributed by atoms with Crippen molar-refractivity contribution in [3.8, 4) is 11.4 Å². The van der Waals surface area contributed by atoms with Gasteiger partial charge in [0.2, 0.25) is 5.92 Å². The summed E-state index contributed by atoms with van der Waals surface area (Å²) in [5, 5.41) is 0. The lowest BCUT2D eigenvalue weighted by Gasteiger charge is -2.28. The Balaban J connectivity index is 1.91. The van der Waals surface area contributed by atoms with Gasteiger partial charge in [-0.05, 0) is 25.0 Å². The standard InChI is InChI=1S/C15H16F2N4/c16-15(17)6-4-10(5-7-15)13-12(18)14(21-9-20-13)11-3-1-2-8-19-11/h1-3,8-10H,4-7,18H2. The molecule has 1 aliphatic carbocycles. The molecule has 0 aliphatic heterocycles. The summed E-state index contributed by atoms with van der Waals surface area (Å²) >= 11 is 0. The van der Waals surface area contributed by atoms with Crippen LogP contribution in [0.4, 0.5) is 14.5 Å². The average Bonchev–Trinajstić information content (AvgIpc) is 2.49. The Hall–Kier alpha value is -2.11. The van der Waals surface area contributed by atoms with Crippen LogP contribution in [0.25, 0.3) is 11.4 Å². The number of rotatable bonds is 2. The van der Waals surface area contributed by atoms with Crippen LogP contribution < -0.4 is 5.73 Å². The van der Waals surface area contributed by atoms with Gasteiger partial charge in [0.15, 0.2) is 0 Å². The summed E-state index contributed by atoms with van der Waals surface area (Å²) in [6.45, 7) is 0. The molecular formula is C15H16F2N4. The first-order valence-corrected chi connectivity index (χ1v) is 6.96. The van der Waals surface area contributed by atoms with Crippen LogP contribution in [0.3, 0.4) is 0 Å². The molecule has 3 rings (SSSR count). The molecule has 0 bridgehead atoms. The van der Waals surface area contributed by atoms with Gasteiger partial charge in [-0.1, -0.05) is 6.07 Å². The normalized spacial score (nSPS) is 18.6. The predicted octanol–water partition coefficient (Wildman–Crippen LogP) is 3.41. The maximum absolute atomic E-state index is 13.3. The van der Waals surface area contributed by atoms with Crippen LogP contribution in [-0.2, 0) is 0 Å². The second-order valence-corrected chi connectivity index (χ2v) is 5.37. The highest BCUT2D eigenvalue weighted by Crippen LogP contribution is 2.42. The minimum absolute atomic E-state index is 0.0323. The van der Waals surface area contributed by atoms with Crippen molar-refractivity contribution in [3.05, 3.63) is 36.4 Å². The van der Waals surface area contributed by atoms with Crippen molar-refractivity contribution in [3.63, 3.8) is 0 Å². The van der Waals surface area contributed by atoms with E-state index in [0.29, 0.717) is 35.6 Å². The number of nitrogens with zero attached hydrogens (tertiary/aromatic N) is 3. The Bertz CT molecular complexity index is 621. The molecule has 1 fully saturated rings. The Labute approximate surface area is 121 Å². The highest BCUT2D eigenvalue weighted by Gasteiger charge is 2.36. The van der Waals surface area contributed by atoms with Crippen LogP contribution >= 0.6 is 0 Å². The largest absolute Gasteiger partial charge is 0.395 e. The zero-order chi connectivity index (χ0) is 14.9. The Morgan fingerprint density at radius 3 is 2.52 bits per heavy atom. The van der Waals surface area contributed by atoms with E-state index in [0.717, 1.165) is 0 Å². The van der Waals surface area contributed by atoms with Crippen molar-refractivity contribution in [2.45, 2.75) is 37.5 Å². The summed E-state index contributed by atoms with van der Waals surface area (Å²) in [5.41, 5.74) is 8.51. The van der Waals surface area contributed by atoms with Gasteiger partial charge >= 0.3 is 0 Å². The van der Waals surface area contributed by atoms with Gasteiger partial charge in [0, 0.05) is 25.0 Å². The minimum atomic E-state index is -2.55. The van der Waals surface area contributed by atoms with Crippen LogP contribution in [0.1, 0.15) is 37.3 Å². The fourth-order valence-electron chi connectivity index (χ4n) is 2.76. The van der Waals surface area contributed by atoms with Crippen molar-refractivity contribution in [2.24, 2.45) is 0 Å². The lowest BCUT2D eigenvalue weighted by atomic mass is 9.84. The summed E-state index contributed by atoms with van der Waals surface area (Å²) in [4.78, 5) is 12.6. The molecule has 0 unspecified atom stereocenters. The van der Waals surface area contributed by atoms with Crippen molar-refractivity contribution >= 4 is 5.69 Å². The maximum atomic E-state index is 13.3. The van der Waals surface area contributed by atoms with E-state index >= 15 is 0 Å². The zero-order valence-corrected chi connectivity index (χ0v) is 11.5. The van der Waals surface area contributed by atoms with E-state index < -0.39 is 5.92 Å². The minimum Gasteiger partial charge on any atom is -0.395 e. The first-order chi connectivity index (χ1) is 10.1. The van der Waals surface area contributed by atoms with Gasteiger partial charge < -0.3 is 5.73 Å². The van der Waals surface area contributed by atoms with Gasteiger partial charge in [-0.3, -0.25) is 4.98 Å². The molecule has 2 aromatic heterocycles. The maximum Gasteiger partial charge on any atom is 0.248 e. The zero-order valence-electron chi connectivity index (χ0n) is 11.5. The highest BCUT2D eigenvalue weighted by atomic mass is 19.3. The average molecular weight is 290 g/mol. The van der Waals surface area contributed by atoms with Crippen molar-refractivity contribution in [1.82, 2.24) is 15.0 Å². The van der Waals surface area contributed by atoms with Crippen LogP contribution in [0.5, 0.6) is 0 Å². The number of anilines is 1. The summed E-state index contributed by atoms with van der Waals surface area (Å²) in [6, 6.07) is 5.48. The first kappa shape index (κ1) is 13.9. The predicted molar refractivity (Wildman–Crippen MR) is 75.8 cm³/mol. The molecule has 4 nitrogen and oxygen atoms in total. The van der Waals surface area contributed by atoms with Crippen molar-refractivity contribution in [2.75, 3.05) is 5.73 Å². The van der Waals surface area contributed by atoms with Crippen LogP contribution in [0.2, 0.25) is 0 Å². The summed E-state index contributed by atoms with van der Waals surface area (Å²) < 4.78 is 26.5. The third-order valence-corrected chi connectivity index (χ3v) is 3.93.